The fraction of sp³-hybridized carbons (Fsp3) is 0.465. The Morgan fingerprint density at radius 2 is 1.56 bits per heavy atom. The molecular formula is C43H54BF3N8O8. The van der Waals surface area contributed by atoms with Gasteiger partial charge in [0.2, 0.25) is 11.8 Å². The number of carbonyl (C=O) groups is 6. The Morgan fingerprint density at radius 3 is 2.24 bits per heavy atom. The summed E-state index contributed by atoms with van der Waals surface area (Å²) < 4.78 is 41.7. The van der Waals surface area contributed by atoms with Crippen molar-refractivity contribution in [2.24, 2.45) is 17.8 Å². The molecule has 338 valence electrons. The Morgan fingerprint density at radius 1 is 0.857 bits per heavy atom. The fourth-order valence-corrected chi connectivity index (χ4v) is 7.65. The Bertz CT molecular complexity index is 2200. The van der Waals surface area contributed by atoms with Crippen molar-refractivity contribution < 1.29 is 56.5 Å². The molecule has 0 bridgehead atoms. The second kappa shape index (κ2) is 23.2. The molecule has 2 atom stereocenters. The molecule has 5 rings (SSSR count). The molecule has 20 heteroatoms. The average molecular weight is 879 g/mol. The number of nitrogens with one attached hydrogen (secondary N) is 4. The van der Waals surface area contributed by atoms with Gasteiger partial charge >= 0.3 is 24.9 Å². The fourth-order valence-electron chi connectivity index (χ4n) is 7.65. The zero-order chi connectivity index (χ0) is 45.4. The number of unbranched alkanes of at least 4 members (excludes halogenated alkanes) is 2. The van der Waals surface area contributed by atoms with Crippen molar-refractivity contribution in [1.82, 2.24) is 36.3 Å². The first kappa shape index (κ1) is 47.7. The zero-order valence-electron chi connectivity index (χ0n) is 34.9. The summed E-state index contributed by atoms with van der Waals surface area (Å²) in [6.07, 6.45) is 8.61. The van der Waals surface area contributed by atoms with Crippen LogP contribution >= 0.6 is 0 Å². The van der Waals surface area contributed by atoms with Gasteiger partial charge in [-0.2, -0.15) is 4.57 Å². The normalized spacial score (nSPS) is 16.1. The summed E-state index contributed by atoms with van der Waals surface area (Å²) in [5, 5.41) is 38.9. The molecule has 1 aliphatic rings. The van der Waals surface area contributed by atoms with E-state index < -0.39 is 48.8 Å². The van der Waals surface area contributed by atoms with E-state index in [-0.39, 0.29) is 61.9 Å². The van der Waals surface area contributed by atoms with Gasteiger partial charge in [0, 0.05) is 44.3 Å². The van der Waals surface area contributed by atoms with Crippen LogP contribution in [0.25, 0.3) is 10.8 Å². The first-order valence-electron chi connectivity index (χ1n) is 21.2. The number of rotatable bonds is 24. The number of hydrogen-bond donors (Lipinski definition) is 6. The third-order valence-corrected chi connectivity index (χ3v) is 11.2. The Kier molecular flexibility index (Phi) is 17.6. The summed E-state index contributed by atoms with van der Waals surface area (Å²) in [5.41, 5.74) is 0.736. The lowest BCUT2D eigenvalue weighted by atomic mass is 9.77. The summed E-state index contributed by atoms with van der Waals surface area (Å²) in [4.78, 5) is 74.3. The lowest BCUT2D eigenvalue weighted by Gasteiger charge is -2.28. The molecule has 2 aromatic heterocycles. The second-order valence-corrected chi connectivity index (χ2v) is 16.1. The highest BCUT2D eigenvalue weighted by atomic mass is 19.4. The lowest BCUT2D eigenvalue weighted by Crippen LogP contribution is -2.46. The number of aromatic nitrogens is 4. The number of carboxylic acids is 2. The summed E-state index contributed by atoms with van der Waals surface area (Å²) in [7, 11) is 0. The number of carboxylic acid groups (broad SMARTS) is 2. The van der Waals surface area contributed by atoms with E-state index in [1.807, 2.05) is 42.5 Å². The monoisotopic (exact) mass is 878 g/mol. The van der Waals surface area contributed by atoms with Crippen molar-refractivity contribution in [2.45, 2.75) is 89.8 Å². The van der Waals surface area contributed by atoms with E-state index in [2.05, 4.69) is 31.6 Å². The maximum Gasteiger partial charge on any atom is 0.510 e. The van der Waals surface area contributed by atoms with E-state index >= 15 is 0 Å². The molecule has 4 aromatic rings. The minimum Gasteiger partial charge on any atom is -0.481 e. The molecule has 0 aliphatic heterocycles. The first-order chi connectivity index (χ1) is 30.1. The smallest absolute Gasteiger partial charge is 0.481 e. The molecule has 1 aliphatic carbocycles. The van der Waals surface area contributed by atoms with Crippen molar-refractivity contribution in [3.63, 3.8) is 0 Å². The Labute approximate surface area is 362 Å². The van der Waals surface area contributed by atoms with Crippen LogP contribution < -0.4 is 31.3 Å². The SMILES string of the molecule is O=C(O)CC[C@H](NC(=O)NCCCCCNC(=O)[C@@H](CC(=O)C1CCC(CNC(=O)Cn2cc(C[n+]3ccc([B-](F)(F)F)cc3)nn2)CC1)Cc1ccc2ccccc2c1)C(=O)O. The Hall–Kier alpha value is -6.34. The highest BCUT2D eigenvalue weighted by Crippen LogP contribution is 2.31. The molecule has 2 aromatic carbocycles. The van der Waals surface area contributed by atoms with E-state index in [0.29, 0.717) is 57.3 Å². The van der Waals surface area contributed by atoms with Gasteiger partial charge < -0.3 is 44.4 Å². The predicted octanol–water partition coefficient (Wildman–Crippen LogP) is 3.47. The van der Waals surface area contributed by atoms with Crippen molar-refractivity contribution in [2.75, 3.05) is 19.6 Å². The van der Waals surface area contributed by atoms with Crippen LogP contribution in [0.5, 0.6) is 0 Å². The van der Waals surface area contributed by atoms with E-state index in [9.17, 15) is 46.8 Å². The third kappa shape index (κ3) is 15.8. The molecule has 1 saturated carbocycles. The molecule has 0 unspecified atom stereocenters. The van der Waals surface area contributed by atoms with Gasteiger partial charge in [-0.3, -0.25) is 19.2 Å². The van der Waals surface area contributed by atoms with Gasteiger partial charge in [0.1, 0.15) is 24.1 Å². The largest absolute Gasteiger partial charge is 0.510 e. The minimum atomic E-state index is -5.08. The second-order valence-electron chi connectivity index (χ2n) is 16.1. The lowest BCUT2D eigenvalue weighted by molar-refractivity contribution is -0.688. The van der Waals surface area contributed by atoms with Crippen molar-refractivity contribution in [3.05, 3.63) is 84.4 Å². The van der Waals surface area contributed by atoms with Crippen LogP contribution in [0, 0.1) is 17.8 Å². The number of amides is 4. The average Bonchev–Trinajstić information content (AvgIpc) is 3.69. The van der Waals surface area contributed by atoms with Crippen molar-refractivity contribution in [3.8, 4) is 0 Å². The van der Waals surface area contributed by atoms with Gasteiger partial charge in [0.15, 0.2) is 18.9 Å². The van der Waals surface area contributed by atoms with Crippen LogP contribution in [0.1, 0.15) is 75.5 Å². The van der Waals surface area contributed by atoms with Crippen molar-refractivity contribution >= 4 is 58.8 Å². The number of pyridine rings is 1. The van der Waals surface area contributed by atoms with Crippen LogP contribution in [0.15, 0.2) is 73.2 Å². The predicted molar refractivity (Wildman–Crippen MR) is 225 cm³/mol. The number of aliphatic carboxylic acids is 2. The summed E-state index contributed by atoms with van der Waals surface area (Å²) >= 11 is 0. The number of benzene rings is 2. The highest BCUT2D eigenvalue weighted by Gasteiger charge is 2.31. The molecule has 0 spiro atoms. The summed E-state index contributed by atoms with van der Waals surface area (Å²) in [6, 6.07) is 13.9. The van der Waals surface area contributed by atoms with E-state index in [1.165, 1.54) is 17.1 Å². The number of fused-ring (bicyclic) bond motifs is 1. The molecule has 1 fully saturated rings. The number of urea groups is 1. The third-order valence-electron chi connectivity index (χ3n) is 11.2. The molecule has 2 heterocycles. The summed E-state index contributed by atoms with van der Waals surface area (Å²) in [5.74, 6) is -3.55. The van der Waals surface area contributed by atoms with E-state index in [4.69, 9.17) is 5.11 Å². The highest BCUT2D eigenvalue weighted by molar-refractivity contribution is 6.73. The molecular weight excluding hydrogens is 824 g/mol. The number of carbonyl (C=O) groups excluding carboxylic acids is 4. The molecule has 16 nitrogen and oxygen atoms in total. The molecule has 0 saturated heterocycles. The van der Waals surface area contributed by atoms with Gasteiger partial charge in [-0.05, 0) is 92.2 Å². The molecule has 0 radical (unpaired) electrons. The van der Waals surface area contributed by atoms with Crippen LogP contribution in [0.3, 0.4) is 0 Å². The van der Waals surface area contributed by atoms with Crippen LogP contribution in [0.4, 0.5) is 17.7 Å². The summed E-state index contributed by atoms with van der Waals surface area (Å²) in [6.45, 7) is -3.93. The van der Waals surface area contributed by atoms with Crippen LogP contribution in [0.2, 0.25) is 0 Å². The topological polar surface area (TPSA) is 226 Å². The quantitative estimate of drug-likeness (QED) is 0.0342. The van der Waals surface area contributed by atoms with Crippen LogP contribution in [-0.2, 0) is 43.5 Å². The standard InChI is InChI=1S/C43H54BF3N8O8/c45-44(46,47)35-16-20-54(21-17-35)26-36-27-55(53-52-36)28-39(57)50-25-29-8-12-32(13-9-29)38(56)24-34(23-30-10-11-31-6-2-3-7-33(31)22-30)41(60)48-18-4-1-5-19-49-43(63)51-37(42(61)62)14-15-40(58)59/h2-3,6-7,10-11,16-17,20-22,27,29,32,34,37H,1,4-5,8-9,12-15,18-19,23-26,28H2,(H,48,60)(H,50,57)(H,58,59)(H,61,62)(H2,49,51,63)/t29?,32?,34-,37+/m1/s1. The molecule has 4 amide bonds. The number of nitrogens with zero attached hydrogens (tertiary/aromatic N) is 4. The Balaban J connectivity index is 1.04. The van der Waals surface area contributed by atoms with Gasteiger partial charge in [-0.25, -0.2) is 14.3 Å². The van der Waals surface area contributed by atoms with E-state index in [0.717, 1.165) is 41.3 Å². The molecule has 63 heavy (non-hydrogen) atoms. The van der Waals surface area contributed by atoms with Crippen molar-refractivity contribution in [1.29, 1.82) is 0 Å². The zero-order valence-corrected chi connectivity index (χ0v) is 34.9. The van der Waals surface area contributed by atoms with E-state index in [1.54, 1.807) is 10.8 Å². The van der Waals surface area contributed by atoms with Crippen LogP contribution in [-0.4, -0.2) is 93.4 Å². The first-order valence-corrected chi connectivity index (χ1v) is 21.2. The number of Topliss-reactive ketones (excluding diaryl/α,β-unsaturated/α-hetero) is 1. The molecule has 6 N–H and O–H groups in total. The minimum absolute atomic E-state index is 0.0353. The number of halogens is 3. The number of ketones is 1. The van der Waals surface area contributed by atoms with Gasteiger partial charge in [0.25, 0.3) is 0 Å². The number of hydrogen-bond acceptors (Lipinski definition) is 8. The maximum atomic E-state index is 13.7. The van der Waals surface area contributed by atoms with Gasteiger partial charge in [0.05, 0.1) is 6.20 Å². The van der Waals surface area contributed by atoms with Gasteiger partial charge in [-0.1, -0.05) is 53.1 Å². The van der Waals surface area contributed by atoms with Gasteiger partial charge in [-0.15, -0.1) is 5.10 Å². The maximum absolute atomic E-state index is 13.7.